The van der Waals surface area contributed by atoms with Crippen LogP contribution in [0.15, 0.2) is 71.8 Å². The maximum Gasteiger partial charge on any atom is 0.248 e. The van der Waals surface area contributed by atoms with Crippen molar-refractivity contribution in [3.63, 3.8) is 0 Å². The minimum Gasteiger partial charge on any atom is -0.366 e. The van der Waals surface area contributed by atoms with Crippen LogP contribution in [0.5, 0.6) is 0 Å². The number of hydrogen-bond donors (Lipinski definition) is 2. The summed E-state index contributed by atoms with van der Waals surface area (Å²) in [6.07, 6.45) is 1.76. The van der Waals surface area contributed by atoms with E-state index < -0.39 is 15.9 Å². The zero-order valence-corrected chi connectivity index (χ0v) is 14.0. The highest BCUT2D eigenvalue weighted by molar-refractivity contribution is 7.89. The van der Waals surface area contributed by atoms with Gasteiger partial charge in [0.15, 0.2) is 0 Å². The fraction of sp³-hybridized carbons (Fsp3) is 0.0588. The molecule has 0 aliphatic rings. The maximum absolute atomic E-state index is 12.3. The number of nitrogens with two attached hydrogens (primary N) is 1. The standard InChI is InChI=1S/C17H16N4O3S/c18-17(22)13-6-8-16(9-7-13)25(23,24)19-12-14-10-11-21(20-14)15-4-2-1-3-5-15/h1-11,19H,12H2,(H2,18,22). The van der Waals surface area contributed by atoms with Gasteiger partial charge in [-0.1, -0.05) is 18.2 Å². The van der Waals surface area contributed by atoms with E-state index in [9.17, 15) is 13.2 Å². The number of hydrogen-bond acceptors (Lipinski definition) is 4. The van der Waals surface area contributed by atoms with E-state index in [0.717, 1.165) is 5.69 Å². The minimum atomic E-state index is -3.71. The van der Waals surface area contributed by atoms with Crippen LogP contribution < -0.4 is 10.5 Å². The van der Waals surface area contributed by atoms with Gasteiger partial charge >= 0.3 is 0 Å². The summed E-state index contributed by atoms with van der Waals surface area (Å²) in [6.45, 7) is 0.0553. The predicted molar refractivity (Wildman–Crippen MR) is 92.5 cm³/mol. The van der Waals surface area contributed by atoms with E-state index >= 15 is 0 Å². The molecule has 0 aliphatic heterocycles. The lowest BCUT2D eigenvalue weighted by Gasteiger charge is -2.06. The van der Waals surface area contributed by atoms with Crippen LogP contribution >= 0.6 is 0 Å². The largest absolute Gasteiger partial charge is 0.366 e. The second-order valence-corrected chi connectivity index (χ2v) is 7.07. The molecule has 0 fully saturated rings. The normalized spacial score (nSPS) is 11.4. The Bertz CT molecular complexity index is 980. The van der Waals surface area contributed by atoms with Crippen LogP contribution in [-0.2, 0) is 16.6 Å². The van der Waals surface area contributed by atoms with E-state index in [2.05, 4.69) is 9.82 Å². The number of sulfonamides is 1. The lowest BCUT2D eigenvalue weighted by atomic mass is 10.2. The second kappa shape index (κ2) is 6.88. The first-order valence-corrected chi connectivity index (χ1v) is 8.93. The van der Waals surface area contributed by atoms with Crippen LogP contribution in [0.25, 0.3) is 5.69 Å². The number of nitrogens with zero attached hydrogens (tertiary/aromatic N) is 2. The third-order valence-electron chi connectivity index (χ3n) is 3.56. The number of amides is 1. The summed E-state index contributed by atoms with van der Waals surface area (Å²) in [7, 11) is -3.71. The van der Waals surface area contributed by atoms with Crippen LogP contribution in [0.4, 0.5) is 0 Å². The molecule has 7 nitrogen and oxygen atoms in total. The molecule has 128 valence electrons. The van der Waals surface area contributed by atoms with E-state index in [-0.39, 0.29) is 17.0 Å². The molecule has 0 bridgehead atoms. The van der Waals surface area contributed by atoms with Crippen molar-refractivity contribution in [3.8, 4) is 5.69 Å². The molecule has 0 saturated carbocycles. The summed E-state index contributed by atoms with van der Waals surface area (Å²) in [5, 5.41) is 4.34. The van der Waals surface area contributed by atoms with Gasteiger partial charge in [-0.2, -0.15) is 5.10 Å². The summed E-state index contributed by atoms with van der Waals surface area (Å²) >= 11 is 0. The van der Waals surface area contributed by atoms with Crippen molar-refractivity contribution < 1.29 is 13.2 Å². The highest BCUT2D eigenvalue weighted by Crippen LogP contribution is 2.12. The molecular formula is C17H16N4O3S. The highest BCUT2D eigenvalue weighted by atomic mass is 32.2. The monoisotopic (exact) mass is 356 g/mol. The number of para-hydroxylation sites is 1. The topological polar surface area (TPSA) is 107 Å². The fourth-order valence-corrected chi connectivity index (χ4v) is 3.23. The van der Waals surface area contributed by atoms with E-state index in [1.807, 2.05) is 30.3 Å². The number of rotatable bonds is 6. The summed E-state index contributed by atoms with van der Waals surface area (Å²) in [4.78, 5) is 11.1. The molecule has 3 rings (SSSR count). The molecule has 25 heavy (non-hydrogen) atoms. The molecule has 0 spiro atoms. The molecule has 3 aromatic rings. The molecule has 0 radical (unpaired) electrons. The third-order valence-corrected chi connectivity index (χ3v) is 4.97. The van der Waals surface area contributed by atoms with Gasteiger partial charge in [0.1, 0.15) is 0 Å². The van der Waals surface area contributed by atoms with Gasteiger partial charge in [0.2, 0.25) is 15.9 Å². The van der Waals surface area contributed by atoms with Crippen LogP contribution in [0, 0.1) is 0 Å². The minimum absolute atomic E-state index is 0.0553. The van der Waals surface area contributed by atoms with Gasteiger partial charge in [-0.25, -0.2) is 17.8 Å². The Morgan fingerprint density at radius 2 is 1.72 bits per heavy atom. The molecule has 0 atom stereocenters. The number of carbonyl (C=O) groups excluding carboxylic acids is 1. The van der Waals surface area contributed by atoms with Gasteiger partial charge in [0.25, 0.3) is 0 Å². The zero-order valence-electron chi connectivity index (χ0n) is 13.2. The van der Waals surface area contributed by atoms with E-state index in [1.54, 1.807) is 16.9 Å². The predicted octanol–water partition coefficient (Wildman–Crippen LogP) is 1.45. The molecule has 1 amide bonds. The van der Waals surface area contributed by atoms with Crippen LogP contribution in [0.2, 0.25) is 0 Å². The van der Waals surface area contributed by atoms with Crippen molar-refractivity contribution in [1.82, 2.24) is 14.5 Å². The van der Waals surface area contributed by atoms with Gasteiger partial charge in [-0.3, -0.25) is 4.79 Å². The van der Waals surface area contributed by atoms with Gasteiger partial charge < -0.3 is 5.73 Å². The van der Waals surface area contributed by atoms with Gasteiger partial charge in [0, 0.05) is 11.8 Å². The Hall–Kier alpha value is -2.97. The number of carbonyl (C=O) groups is 1. The molecule has 1 aromatic heterocycles. The Kier molecular flexibility index (Phi) is 4.64. The summed E-state index contributed by atoms with van der Waals surface area (Å²) in [5.74, 6) is -0.608. The quantitative estimate of drug-likeness (QED) is 0.697. The molecular weight excluding hydrogens is 340 g/mol. The lowest BCUT2D eigenvalue weighted by Crippen LogP contribution is -2.23. The second-order valence-electron chi connectivity index (χ2n) is 5.30. The van der Waals surface area contributed by atoms with Crippen molar-refractivity contribution in [3.05, 3.63) is 78.1 Å². The van der Waals surface area contributed by atoms with Crippen molar-refractivity contribution in [2.24, 2.45) is 5.73 Å². The van der Waals surface area contributed by atoms with Gasteiger partial charge in [-0.05, 0) is 42.5 Å². The molecule has 0 aliphatic carbocycles. The molecule has 3 N–H and O–H groups in total. The Balaban J connectivity index is 1.70. The smallest absolute Gasteiger partial charge is 0.248 e. The fourth-order valence-electron chi connectivity index (χ4n) is 2.23. The lowest BCUT2D eigenvalue weighted by molar-refractivity contribution is 0.1000. The number of nitrogens with one attached hydrogen (secondary N) is 1. The Morgan fingerprint density at radius 3 is 2.36 bits per heavy atom. The summed E-state index contributed by atoms with van der Waals surface area (Å²) in [5.41, 5.74) is 6.87. The van der Waals surface area contributed by atoms with Crippen molar-refractivity contribution in [2.45, 2.75) is 11.4 Å². The van der Waals surface area contributed by atoms with Crippen molar-refractivity contribution in [2.75, 3.05) is 0 Å². The van der Waals surface area contributed by atoms with Crippen LogP contribution in [0.3, 0.4) is 0 Å². The van der Waals surface area contributed by atoms with E-state index in [4.69, 9.17) is 5.73 Å². The van der Waals surface area contributed by atoms with Crippen molar-refractivity contribution >= 4 is 15.9 Å². The average molecular weight is 356 g/mol. The molecule has 1 heterocycles. The first kappa shape index (κ1) is 16.9. The Morgan fingerprint density at radius 1 is 1.04 bits per heavy atom. The zero-order chi connectivity index (χ0) is 17.9. The SMILES string of the molecule is NC(=O)c1ccc(S(=O)(=O)NCc2ccn(-c3ccccc3)n2)cc1. The summed E-state index contributed by atoms with van der Waals surface area (Å²) in [6, 6.07) is 16.7. The highest BCUT2D eigenvalue weighted by Gasteiger charge is 2.15. The first-order chi connectivity index (χ1) is 12.0. The van der Waals surface area contributed by atoms with Crippen LogP contribution in [-0.4, -0.2) is 24.1 Å². The molecule has 2 aromatic carbocycles. The molecule has 8 heteroatoms. The van der Waals surface area contributed by atoms with Crippen molar-refractivity contribution in [1.29, 1.82) is 0 Å². The van der Waals surface area contributed by atoms with Crippen LogP contribution in [0.1, 0.15) is 16.1 Å². The summed E-state index contributed by atoms with van der Waals surface area (Å²) < 4.78 is 28.8. The average Bonchev–Trinajstić information content (AvgIpc) is 3.10. The van der Waals surface area contributed by atoms with Gasteiger partial charge in [-0.15, -0.1) is 0 Å². The van der Waals surface area contributed by atoms with Gasteiger partial charge in [0.05, 0.1) is 22.8 Å². The molecule has 0 saturated heterocycles. The third kappa shape index (κ3) is 3.93. The number of aromatic nitrogens is 2. The first-order valence-electron chi connectivity index (χ1n) is 7.45. The van der Waals surface area contributed by atoms with E-state index in [0.29, 0.717) is 5.69 Å². The molecule has 0 unspecified atom stereocenters. The number of benzene rings is 2. The van der Waals surface area contributed by atoms with E-state index in [1.165, 1.54) is 24.3 Å². The number of primary amides is 1. The maximum atomic E-state index is 12.3. The Labute approximate surface area is 145 Å².